The van der Waals surface area contributed by atoms with Crippen LogP contribution in [0.2, 0.25) is 0 Å². The molecule has 0 amide bonds. The second-order valence-electron chi connectivity index (χ2n) is 0. The minimum Gasteiger partial charge on any atom is 2.00 e. The van der Waals surface area contributed by atoms with Gasteiger partial charge in [0.15, 0.2) is 0 Å². The summed E-state index contributed by atoms with van der Waals surface area (Å²) in [6, 6.07) is 0. The van der Waals surface area contributed by atoms with Gasteiger partial charge in [0.05, 0.1) is 0 Å². The molecule has 0 aliphatic carbocycles. The van der Waals surface area contributed by atoms with Crippen LogP contribution in [0.25, 0.3) is 0 Å². The van der Waals surface area contributed by atoms with Crippen LogP contribution >= 0.6 is 0 Å². The Morgan fingerprint density at radius 1 is 0.750 bits per heavy atom. The van der Waals surface area contributed by atoms with Gasteiger partial charge in [-0.3, -0.25) is 0 Å². The molecule has 0 unspecified atom stereocenters. The summed E-state index contributed by atoms with van der Waals surface area (Å²) >= 11 is 0. The van der Waals surface area contributed by atoms with Gasteiger partial charge in [-0.15, -0.1) is 0 Å². The Morgan fingerprint density at radius 3 is 0.750 bits per heavy atom. The van der Waals surface area contributed by atoms with Crippen molar-refractivity contribution in [1.29, 1.82) is 0 Å². The number of rotatable bonds is 0. The Kier molecular flexibility index (Phi) is 123. The first kappa shape index (κ1) is 28.9. The Labute approximate surface area is 89.4 Å². The third-order valence-corrected chi connectivity index (χ3v) is 0. The summed E-state index contributed by atoms with van der Waals surface area (Å²) in [6.07, 6.45) is 0. The van der Waals surface area contributed by atoms with E-state index in [9.17, 15) is 0 Å². The minimum absolute atomic E-state index is 0. The van der Waals surface area contributed by atoms with Crippen molar-refractivity contribution >= 4 is 37.7 Å². The molecule has 0 saturated heterocycles. The van der Waals surface area contributed by atoms with E-state index in [4.69, 9.17) is 0 Å². The molecule has 0 spiro atoms. The maximum atomic E-state index is 0. The predicted molar refractivity (Wildman–Crippen MR) is 8.54 cm³/mol. The third kappa shape index (κ3) is 8.85. The maximum Gasteiger partial charge on any atom is 2.00 e. The Balaban J connectivity index is 0. The van der Waals surface area contributed by atoms with Gasteiger partial charge in [0.2, 0.25) is 0 Å². The molecule has 0 saturated carbocycles. The number of halogens is 2. The topological polar surface area (TPSA) is 0 Å². The van der Waals surface area contributed by atoms with E-state index < -0.39 is 0 Å². The molecular weight excluding hydrogens is 265 g/mol. The molecule has 0 aliphatic rings. The van der Waals surface area contributed by atoms with Crippen molar-refractivity contribution in [3.63, 3.8) is 0 Å². The van der Waals surface area contributed by atoms with Crippen LogP contribution in [0, 0.1) is 0 Å². The van der Waals surface area contributed by atoms with Crippen LogP contribution < -0.4 is 34.0 Å². The van der Waals surface area contributed by atoms with E-state index in [-0.39, 0.29) is 91.2 Å². The Morgan fingerprint density at radius 2 is 0.750 bits per heavy atom. The van der Waals surface area contributed by atoms with Gasteiger partial charge in [-0.1, -0.05) is 0 Å². The summed E-state index contributed by atoms with van der Waals surface area (Å²) in [6.45, 7) is 0. The molecule has 0 rings (SSSR count). The molecule has 0 N–H and O–H groups in total. The average molecular weight is 267 g/mol. The fourth-order valence-corrected chi connectivity index (χ4v) is 0. The first-order valence-electron chi connectivity index (χ1n) is 0. The summed E-state index contributed by atoms with van der Waals surface area (Å²) < 4.78 is 0. The van der Waals surface area contributed by atoms with Crippen molar-refractivity contribution in [3.05, 3.63) is 0 Å². The zero-order valence-electron chi connectivity index (χ0n) is 1.46. The normalized spacial score (nSPS) is 0. The zero-order chi connectivity index (χ0) is 0. The van der Waals surface area contributed by atoms with Crippen LogP contribution in [0.5, 0.6) is 0 Å². The largest absolute Gasteiger partial charge is 2.00 e. The van der Waals surface area contributed by atoms with Gasteiger partial charge in [0, 0.05) is 0 Å². The molecule has 0 aromatic carbocycles. The molecule has 4 heavy (non-hydrogen) atoms. The van der Waals surface area contributed by atoms with Crippen LogP contribution in [0.15, 0.2) is 0 Å². The molecule has 0 fully saturated rings. The van der Waals surface area contributed by atoms with Crippen molar-refractivity contribution < 1.29 is 53.4 Å². The second-order valence-corrected chi connectivity index (χ2v) is 0. The molecule has 0 heterocycles. The second kappa shape index (κ2) is 17.0. The first-order chi connectivity index (χ1) is 0. The summed E-state index contributed by atoms with van der Waals surface area (Å²) in [4.78, 5) is 0. The molecule has 0 atom stereocenters. The smallest absolute Gasteiger partial charge is 2.00 e. The molecule has 0 aliphatic heterocycles. The molecule has 0 nitrogen and oxygen atoms in total. The van der Waals surface area contributed by atoms with E-state index >= 15 is 0 Å². The van der Waals surface area contributed by atoms with Gasteiger partial charge in [0.1, 0.15) is 0 Å². The zero-order valence-corrected chi connectivity index (χ0v) is 7.60. The standard InChI is InChI=1S/2BrH.Ca.Zn.2H/h2*1H;;;;/q;;;+2;;/p-2. The van der Waals surface area contributed by atoms with E-state index in [0.29, 0.717) is 0 Å². The van der Waals surface area contributed by atoms with Crippen molar-refractivity contribution in [2.45, 2.75) is 0 Å². The molecule has 0 aromatic rings. The van der Waals surface area contributed by atoms with E-state index in [1.807, 2.05) is 0 Å². The van der Waals surface area contributed by atoms with Gasteiger partial charge < -0.3 is 34.0 Å². The van der Waals surface area contributed by atoms with Crippen LogP contribution in [0.3, 0.4) is 0 Å². The van der Waals surface area contributed by atoms with E-state index in [0.717, 1.165) is 0 Å². The van der Waals surface area contributed by atoms with Gasteiger partial charge in [-0.2, -0.15) is 0 Å². The average Bonchev–Trinajstić information content (AvgIpc) is 0. The van der Waals surface area contributed by atoms with Gasteiger partial charge >= 0.3 is 57.2 Å². The fraction of sp³-hybridized carbons (Fsp3) is 0. The van der Waals surface area contributed by atoms with Crippen molar-refractivity contribution in [1.82, 2.24) is 0 Å². The van der Waals surface area contributed by atoms with Crippen LogP contribution in [-0.4, -0.2) is 37.7 Å². The SMILES string of the molecule is [Br-].[Br-].[CaH2].[Zn+2]. The summed E-state index contributed by atoms with van der Waals surface area (Å²) in [7, 11) is 0. The third-order valence-electron chi connectivity index (χ3n) is 0. The molecule has 20 valence electrons. The fourth-order valence-electron chi connectivity index (χ4n) is 0. The number of hydrogen-bond acceptors (Lipinski definition) is 0. The van der Waals surface area contributed by atoms with Crippen LogP contribution in [0.4, 0.5) is 0 Å². The molecule has 0 bridgehead atoms. The minimum atomic E-state index is 0. The van der Waals surface area contributed by atoms with Gasteiger partial charge in [-0.05, 0) is 0 Å². The molecule has 0 aromatic heterocycles. The summed E-state index contributed by atoms with van der Waals surface area (Å²) in [5.41, 5.74) is 0. The maximum absolute atomic E-state index is 0. The van der Waals surface area contributed by atoms with Crippen LogP contribution in [-0.2, 0) is 19.5 Å². The van der Waals surface area contributed by atoms with Crippen molar-refractivity contribution in [3.8, 4) is 0 Å². The van der Waals surface area contributed by atoms with Crippen LogP contribution in [0.1, 0.15) is 0 Å². The Hall–Kier alpha value is 2.84. The summed E-state index contributed by atoms with van der Waals surface area (Å²) in [5, 5.41) is 0. The van der Waals surface area contributed by atoms with E-state index in [1.54, 1.807) is 0 Å². The van der Waals surface area contributed by atoms with Crippen molar-refractivity contribution in [2.24, 2.45) is 0 Å². The predicted octanol–water partition coefficient (Wildman–Crippen LogP) is -6.91. The van der Waals surface area contributed by atoms with Gasteiger partial charge in [0.25, 0.3) is 0 Å². The monoisotopic (exact) mass is 264 g/mol. The Bertz CT molecular complexity index is 6.00. The first-order valence-corrected chi connectivity index (χ1v) is 0. The molecule has 4 heteroatoms. The quantitative estimate of drug-likeness (QED) is 0.383. The molecular formula is H2Br2CaZn. The van der Waals surface area contributed by atoms with Crippen molar-refractivity contribution in [2.75, 3.05) is 0 Å². The van der Waals surface area contributed by atoms with E-state index in [2.05, 4.69) is 0 Å². The van der Waals surface area contributed by atoms with Gasteiger partial charge in [-0.25, -0.2) is 0 Å². The summed E-state index contributed by atoms with van der Waals surface area (Å²) in [5.74, 6) is 0. The molecule has 0 radical (unpaired) electrons. The number of hydrogen-bond donors (Lipinski definition) is 0. The van der Waals surface area contributed by atoms with E-state index in [1.165, 1.54) is 0 Å².